The summed E-state index contributed by atoms with van der Waals surface area (Å²) in [5.74, 6) is 2.02. The third-order valence-corrected chi connectivity index (χ3v) is 3.82. The van der Waals surface area contributed by atoms with Gasteiger partial charge in [0, 0.05) is 23.8 Å². The van der Waals surface area contributed by atoms with Gasteiger partial charge in [-0.3, -0.25) is 0 Å². The highest BCUT2D eigenvalue weighted by Gasteiger charge is 2.36. The number of nitrogens with two attached hydrogens (primary N) is 1. The molecule has 3 unspecified atom stereocenters. The maximum atomic E-state index is 5.60. The third kappa shape index (κ3) is 1.76. The van der Waals surface area contributed by atoms with Gasteiger partial charge in [-0.15, -0.1) is 11.3 Å². The summed E-state index contributed by atoms with van der Waals surface area (Å²) >= 11 is 1.80. The lowest BCUT2D eigenvalue weighted by Gasteiger charge is -2.02. The standard InChI is InChI=1S/C10H16N2S/c1-6-3-8(6)10-12-9(5-13-10)7(2)4-11/h5-8H,3-4,11H2,1-2H3. The van der Waals surface area contributed by atoms with Gasteiger partial charge in [-0.1, -0.05) is 13.8 Å². The number of nitrogens with zero attached hydrogens (tertiary/aromatic N) is 1. The molecular formula is C10H16N2S. The summed E-state index contributed by atoms with van der Waals surface area (Å²) in [5, 5.41) is 3.49. The predicted octanol–water partition coefficient (Wildman–Crippen LogP) is 2.33. The molecule has 2 nitrogen and oxygen atoms in total. The average Bonchev–Trinajstić information content (AvgIpc) is 2.70. The van der Waals surface area contributed by atoms with Crippen LogP contribution in [-0.4, -0.2) is 11.5 Å². The second-order valence-electron chi connectivity index (χ2n) is 4.07. The number of hydrogen-bond acceptors (Lipinski definition) is 3. The Kier molecular flexibility index (Phi) is 2.39. The molecule has 2 rings (SSSR count). The number of thiazole rings is 1. The molecule has 13 heavy (non-hydrogen) atoms. The Balaban J connectivity index is 2.09. The molecule has 0 spiro atoms. The molecular weight excluding hydrogens is 180 g/mol. The van der Waals surface area contributed by atoms with Gasteiger partial charge in [0.1, 0.15) is 0 Å². The molecule has 1 saturated carbocycles. The Bertz CT molecular complexity index is 276. The van der Waals surface area contributed by atoms with Crippen LogP contribution in [0.3, 0.4) is 0 Å². The van der Waals surface area contributed by atoms with Crippen LogP contribution >= 0.6 is 11.3 Å². The molecule has 1 aromatic rings. The van der Waals surface area contributed by atoms with Crippen LogP contribution in [0, 0.1) is 5.92 Å². The molecule has 1 heterocycles. The first-order chi connectivity index (χ1) is 6.22. The second kappa shape index (κ2) is 3.39. The first-order valence-electron chi connectivity index (χ1n) is 4.87. The van der Waals surface area contributed by atoms with E-state index in [1.54, 1.807) is 11.3 Å². The zero-order valence-electron chi connectivity index (χ0n) is 8.16. The molecule has 0 radical (unpaired) electrons. The lowest BCUT2D eigenvalue weighted by Crippen LogP contribution is -2.09. The van der Waals surface area contributed by atoms with Crippen molar-refractivity contribution in [3.05, 3.63) is 16.1 Å². The van der Waals surface area contributed by atoms with Crippen LogP contribution < -0.4 is 5.73 Å². The lowest BCUT2D eigenvalue weighted by atomic mass is 10.1. The Hall–Kier alpha value is -0.410. The molecule has 72 valence electrons. The fourth-order valence-electron chi connectivity index (χ4n) is 1.48. The van der Waals surface area contributed by atoms with Crippen molar-refractivity contribution < 1.29 is 0 Å². The predicted molar refractivity (Wildman–Crippen MR) is 56.1 cm³/mol. The summed E-state index contributed by atoms with van der Waals surface area (Å²) in [6, 6.07) is 0. The highest BCUT2D eigenvalue weighted by Crippen LogP contribution is 2.48. The number of hydrogen-bond donors (Lipinski definition) is 1. The van der Waals surface area contributed by atoms with Gasteiger partial charge in [-0.2, -0.15) is 0 Å². The normalized spacial score (nSPS) is 28.8. The van der Waals surface area contributed by atoms with Gasteiger partial charge in [0.2, 0.25) is 0 Å². The summed E-state index contributed by atoms with van der Waals surface area (Å²) < 4.78 is 0. The van der Waals surface area contributed by atoms with E-state index in [0.29, 0.717) is 12.5 Å². The van der Waals surface area contributed by atoms with Gasteiger partial charge < -0.3 is 5.73 Å². The van der Waals surface area contributed by atoms with Crippen LogP contribution in [-0.2, 0) is 0 Å². The van der Waals surface area contributed by atoms with Gasteiger partial charge in [0.25, 0.3) is 0 Å². The molecule has 3 atom stereocenters. The maximum Gasteiger partial charge on any atom is 0.0962 e. The van der Waals surface area contributed by atoms with Crippen LogP contribution in [0.5, 0.6) is 0 Å². The summed E-state index contributed by atoms with van der Waals surface area (Å²) in [6.07, 6.45) is 1.32. The molecule has 0 amide bonds. The second-order valence-corrected chi connectivity index (χ2v) is 4.96. The fraction of sp³-hybridized carbons (Fsp3) is 0.700. The Labute approximate surface area is 83.2 Å². The highest BCUT2D eigenvalue weighted by atomic mass is 32.1. The molecule has 1 aliphatic rings. The molecule has 0 bridgehead atoms. The summed E-state index contributed by atoms with van der Waals surface area (Å²) in [5.41, 5.74) is 6.78. The Morgan fingerprint density at radius 3 is 3.00 bits per heavy atom. The van der Waals surface area contributed by atoms with Crippen molar-refractivity contribution in [3.8, 4) is 0 Å². The average molecular weight is 196 g/mol. The smallest absolute Gasteiger partial charge is 0.0962 e. The monoisotopic (exact) mass is 196 g/mol. The van der Waals surface area contributed by atoms with Gasteiger partial charge in [0.15, 0.2) is 0 Å². The molecule has 3 heteroatoms. The topological polar surface area (TPSA) is 38.9 Å². The van der Waals surface area contributed by atoms with E-state index in [2.05, 4.69) is 24.2 Å². The largest absolute Gasteiger partial charge is 0.330 e. The minimum atomic E-state index is 0.416. The molecule has 1 fully saturated rings. The third-order valence-electron chi connectivity index (χ3n) is 2.82. The molecule has 0 aromatic carbocycles. The van der Waals surface area contributed by atoms with E-state index in [-0.39, 0.29) is 0 Å². The van der Waals surface area contributed by atoms with Crippen LogP contribution in [0.25, 0.3) is 0 Å². The number of rotatable bonds is 3. The van der Waals surface area contributed by atoms with E-state index in [9.17, 15) is 0 Å². The van der Waals surface area contributed by atoms with E-state index >= 15 is 0 Å². The van der Waals surface area contributed by atoms with Crippen molar-refractivity contribution >= 4 is 11.3 Å². The summed E-state index contributed by atoms with van der Waals surface area (Å²) in [4.78, 5) is 4.63. The van der Waals surface area contributed by atoms with E-state index in [1.807, 2.05) is 0 Å². The molecule has 0 saturated heterocycles. The SMILES string of the molecule is CC(CN)c1csc(C2CC2C)n1. The summed E-state index contributed by atoms with van der Waals surface area (Å²) in [7, 11) is 0. The minimum Gasteiger partial charge on any atom is -0.330 e. The van der Waals surface area contributed by atoms with Crippen molar-refractivity contribution in [1.82, 2.24) is 4.98 Å². The zero-order chi connectivity index (χ0) is 9.42. The highest BCUT2D eigenvalue weighted by molar-refractivity contribution is 7.09. The van der Waals surface area contributed by atoms with Crippen molar-refractivity contribution in [3.63, 3.8) is 0 Å². The minimum absolute atomic E-state index is 0.416. The molecule has 0 aliphatic heterocycles. The van der Waals surface area contributed by atoms with Crippen LogP contribution in [0.1, 0.15) is 42.8 Å². The van der Waals surface area contributed by atoms with Crippen molar-refractivity contribution in [2.75, 3.05) is 6.54 Å². The van der Waals surface area contributed by atoms with Crippen molar-refractivity contribution in [2.45, 2.75) is 32.1 Å². The van der Waals surface area contributed by atoms with E-state index in [4.69, 9.17) is 5.73 Å². The lowest BCUT2D eigenvalue weighted by molar-refractivity contribution is 0.744. The molecule has 2 N–H and O–H groups in total. The van der Waals surface area contributed by atoms with Gasteiger partial charge in [0.05, 0.1) is 10.7 Å². The van der Waals surface area contributed by atoms with Crippen LogP contribution in [0.2, 0.25) is 0 Å². The maximum absolute atomic E-state index is 5.60. The van der Waals surface area contributed by atoms with Crippen LogP contribution in [0.15, 0.2) is 5.38 Å². The quantitative estimate of drug-likeness (QED) is 0.806. The molecule has 1 aromatic heterocycles. The fourth-order valence-corrected chi connectivity index (χ4v) is 2.67. The molecule has 1 aliphatic carbocycles. The van der Waals surface area contributed by atoms with Gasteiger partial charge >= 0.3 is 0 Å². The van der Waals surface area contributed by atoms with Crippen LogP contribution in [0.4, 0.5) is 0 Å². The van der Waals surface area contributed by atoms with Gasteiger partial charge in [-0.25, -0.2) is 4.98 Å². The first-order valence-corrected chi connectivity index (χ1v) is 5.75. The van der Waals surface area contributed by atoms with E-state index < -0.39 is 0 Å². The van der Waals surface area contributed by atoms with Crippen molar-refractivity contribution in [2.24, 2.45) is 11.7 Å². The zero-order valence-corrected chi connectivity index (χ0v) is 8.97. The Morgan fingerprint density at radius 1 is 1.77 bits per heavy atom. The van der Waals surface area contributed by atoms with E-state index in [1.165, 1.54) is 17.1 Å². The first kappa shape index (κ1) is 9.16. The van der Waals surface area contributed by atoms with Gasteiger partial charge in [-0.05, 0) is 12.3 Å². The van der Waals surface area contributed by atoms with E-state index in [0.717, 1.165) is 11.8 Å². The van der Waals surface area contributed by atoms with Crippen molar-refractivity contribution in [1.29, 1.82) is 0 Å². The Morgan fingerprint density at radius 2 is 2.46 bits per heavy atom. The summed E-state index contributed by atoms with van der Waals surface area (Å²) in [6.45, 7) is 5.12. The number of aromatic nitrogens is 1.